The molecule has 0 bridgehead atoms. The molecule has 0 saturated carbocycles. The molecule has 0 aliphatic rings. The third kappa shape index (κ3) is 2.31. The molecule has 3 aromatic rings. The summed E-state index contributed by atoms with van der Waals surface area (Å²) in [6.45, 7) is 0. The zero-order valence-electron chi connectivity index (χ0n) is 10.0. The van der Waals surface area contributed by atoms with E-state index in [4.69, 9.17) is 25.9 Å². The van der Waals surface area contributed by atoms with Crippen LogP contribution in [0.1, 0.15) is 10.6 Å². The second-order valence-corrected chi connectivity index (χ2v) is 4.46. The number of benzene rings is 1. The second-order valence-electron chi connectivity index (χ2n) is 4.02. The van der Waals surface area contributed by atoms with E-state index in [2.05, 4.69) is 4.98 Å². The summed E-state index contributed by atoms with van der Waals surface area (Å²) >= 11 is 5.80. The van der Waals surface area contributed by atoms with E-state index in [0.717, 1.165) is 0 Å². The van der Waals surface area contributed by atoms with Gasteiger partial charge in [0.1, 0.15) is 5.75 Å². The molecular weight excluding hydrogens is 282 g/mol. The molecule has 0 radical (unpaired) electrons. The minimum absolute atomic E-state index is 0.158. The molecule has 2 heterocycles. The van der Waals surface area contributed by atoms with Crippen molar-refractivity contribution in [2.75, 3.05) is 0 Å². The fourth-order valence-electron chi connectivity index (χ4n) is 1.75. The number of carboxylic acids is 1. The number of pyridine rings is 1. The van der Waals surface area contributed by atoms with Gasteiger partial charge in [-0.3, -0.25) is 4.98 Å². The summed E-state index contributed by atoms with van der Waals surface area (Å²) in [5.41, 5.74) is 0.355. The highest BCUT2D eigenvalue weighted by Gasteiger charge is 2.14. The Morgan fingerprint density at radius 2 is 2.00 bits per heavy atom. The van der Waals surface area contributed by atoms with E-state index in [9.17, 15) is 4.79 Å². The Kier molecular flexibility index (Phi) is 3.04. The van der Waals surface area contributed by atoms with Crippen molar-refractivity contribution in [3.8, 4) is 11.5 Å². The number of hydrogen-bond acceptors (Lipinski definition) is 4. The SMILES string of the molecule is O=C(O)c1cc2c(Oc3ccc(Cl)cc3)cncc2o1. The van der Waals surface area contributed by atoms with Crippen LogP contribution < -0.4 is 4.74 Å². The lowest BCUT2D eigenvalue weighted by Gasteiger charge is -2.05. The van der Waals surface area contributed by atoms with Gasteiger partial charge in [-0.15, -0.1) is 0 Å². The molecule has 0 spiro atoms. The van der Waals surface area contributed by atoms with E-state index >= 15 is 0 Å². The molecular formula is C14H8ClNO4. The van der Waals surface area contributed by atoms with Gasteiger partial charge in [0.2, 0.25) is 5.76 Å². The summed E-state index contributed by atoms with van der Waals surface area (Å²) in [6, 6.07) is 8.22. The van der Waals surface area contributed by atoms with Crippen molar-refractivity contribution >= 4 is 28.5 Å². The van der Waals surface area contributed by atoms with Crippen LogP contribution >= 0.6 is 11.6 Å². The Morgan fingerprint density at radius 3 is 2.70 bits per heavy atom. The molecule has 5 nitrogen and oxygen atoms in total. The molecule has 0 fully saturated rings. The van der Waals surface area contributed by atoms with Gasteiger partial charge < -0.3 is 14.3 Å². The van der Waals surface area contributed by atoms with Crippen molar-refractivity contribution in [1.29, 1.82) is 0 Å². The number of aromatic carboxylic acids is 1. The summed E-state index contributed by atoms with van der Waals surface area (Å²) in [6.07, 6.45) is 2.94. The molecule has 6 heteroatoms. The molecule has 0 amide bonds. The number of aromatic nitrogens is 1. The lowest BCUT2D eigenvalue weighted by molar-refractivity contribution is 0.0665. The maximum atomic E-state index is 10.9. The zero-order valence-corrected chi connectivity index (χ0v) is 10.8. The number of halogens is 1. The highest BCUT2D eigenvalue weighted by molar-refractivity contribution is 6.30. The Hall–Kier alpha value is -2.53. The van der Waals surface area contributed by atoms with Crippen LogP contribution in [0.4, 0.5) is 0 Å². The lowest BCUT2D eigenvalue weighted by atomic mass is 10.3. The number of carbonyl (C=O) groups is 1. The van der Waals surface area contributed by atoms with Crippen LogP contribution in [0.2, 0.25) is 5.02 Å². The first-order chi connectivity index (χ1) is 9.63. The van der Waals surface area contributed by atoms with Crippen molar-refractivity contribution in [1.82, 2.24) is 4.98 Å². The van der Waals surface area contributed by atoms with E-state index < -0.39 is 5.97 Å². The number of carboxylic acid groups (broad SMARTS) is 1. The maximum absolute atomic E-state index is 10.9. The number of rotatable bonds is 3. The zero-order chi connectivity index (χ0) is 14.1. The molecule has 100 valence electrons. The van der Waals surface area contributed by atoms with Crippen molar-refractivity contribution in [2.24, 2.45) is 0 Å². The van der Waals surface area contributed by atoms with Gasteiger partial charge in [-0.05, 0) is 24.3 Å². The molecule has 20 heavy (non-hydrogen) atoms. The quantitative estimate of drug-likeness (QED) is 0.789. The monoisotopic (exact) mass is 289 g/mol. The number of nitrogens with zero attached hydrogens (tertiary/aromatic N) is 1. The smallest absolute Gasteiger partial charge is 0.371 e. The van der Waals surface area contributed by atoms with E-state index in [1.807, 2.05) is 0 Å². The number of hydrogen-bond donors (Lipinski definition) is 1. The molecule has 1 aromatic carbocycles. The van der Waals surface area contributed by atoms with Crippen molar-refractivity contribution in [3.05, 3.63) is 53.5 Å². The topological polar surface area (TPSA) is 72.6 Å². The summed E-state index contributed by atoms with van der Waals surface area (Å²) < 4.78 is 10.8. The summed E-state index contributed by atoms with van der Waals surface area (Å²) in [5, 5.41) is 10.1. The van der Waals surface area contributed by atoms with E-state index in [1.54, 1.807) is 24.3 Å². The minimum Gasteiger partial charge on any atom is -0.475 e. The standard InChI is InChI=1S/C14H8ClNO4/c15-8-1-3-9(4-2-8)19-12-6-16-7-13-10(12)5-11(20-13)14(17)18/h1-7H,(H,17,18). The average molecular weight is 290 g/mol. The van der Waals surface area contributed by atoms with Gasteiger partial charge >= 0.3 is 5.97 Å². The average Bonchev–Trinajstić information content (AvgIpc) is 2.87. The third-order valence-electron chi connectivity index (χ3n) is 2.66. The van der Waals surface area contributed by atoms with Crippen LogP contribution in [0.5, 0.6) is 11.5 Å². The number of furan rings is 1. The van der Waals surface area contributed by atoms with Crippen LogP contribution in [0.3, 0.4) is 0 Å². The molecule has 0 unspecified atom stereocenters. The second kappa shape index (κ2) is 4.86. The Balaban J connectivity index is 2.02. The Bertz CT molecular complexity index is 779. The molecule has 3 rings (SSSR count). The van der Waals surface area contributed by atoms with Crippen LogP contribution in [-0.2, 0) is 0 Å². The molecule has 1 N–H and O–H groups in total. The summed E-state index contributed by atoms with van der Waals surface area (Å²) in [5.74, 6) is -0.310. The van der Waals surface area contributed by atoms with Gasteiger partial charge in [0.25, 0.3) is 0 Å². The van der Waals surface area contributed by atoms with Crippen LogP contribution in [-0.4, -0.2) is 16.1 Å². The largest absolute Gasteiger partial charge is 0.475 e. The van der Waals surface area contributed by atoms with Crippen molar-refractivity contribution in [2.45, 2.75) is 0 Å². The predicted octanol–water partition coefficient (Wildman–Crippen LogP) is 3.97. The van der Waals surface area contributed by atoms with Crippen molar-refractivity contribution < 1.29 is 19.1 Å². The van der Waals surface area contributed by atoms with E-state index in [-0.39, 0.29) is 5.76 Å². The molecule has 0 aliphatic carbocycles. The normalized spacial score (nSPS) is 10.7. The summed E-state index contributed by atoms with van der Waals surface area (Å²) in [4.78, 5) is 14.9. The fraction of sp³-hybridized carbons (Fsp3) is 0. The Morgan fingerprint density at radius 1 is 1.25 bits per heavy atom. The fourth-order valence-corrected chi connectivity index (χ4v) is 1.88. The minimum atomic E-state index is -1.14. The van der Waals surface area contributed by atoms with Gasteiger partial charge in [-0.25, -0.2) is 4.79 Å². The first-order valence-electron chi connectivity index (χ1n) is 5.68. The highest BCUT2D eigenvalue weighted by atomic mass is 35.5. The number of ether oxygens (including phenoxy) is 1. The van der Waals surface area contributed by atoms with Crippen molar-refractivity contribution in [3.63, 3.8) is 0 Å². The van der Waals surface area contributed by atoms with E-state index in [0.29, 0.717) is 27.5 Å². The van der Waals surface area contributed by atoms with Crippen LogP contribution in [0.15, 0.2) is 47.1 Å². The highest BCUT2D eigenvalue weighted by Crippen LogP contribution is 2.31. The van der Waals surface area contributed by atoms with Crippen LogP contribution in [0.25, 0.3) is 11.0 Å². The van der Waals surface area contributed by atoms with E-state index in [1.165, 1.54) is 18.5 Å². The van der Waals surface area contributed by atoms with Gasteiger partial charge in [0, 0.05) is 11.1 Å². The lowest BCUT2D eigenvalue weighted by Crippen LogP contribution is -1.91. The Labute approximate surface area is 118 Å². The molecule has 2 aromatic heterocycles. The van der Waals surface area contributed by atoms with Gasteiger partial charge in [0.05, 0.1) is 17.8 Å². The first-order valence-corrected chi connectivity index (χ1v) is 6.05. The molecule has 0 saturated heterocycles. The first kappa shape index (κ1) is 12.5. The maximum Gasteiger partial charge on any atom is 0.371 e. The van der Waals surface area contributed by atoms with Gasteiger partial charge in [-0.2, -0.15) is 0 Å². The molecule has 0 atom stereocenters. The van der Waals surface area contributed by atoms with Gasteiger partial charge in [-0.1, -0.05) is 11.6 Å². The summed E-state index contributed by atoms with van der Waals surface area (Å²) in [7, 11) is 0. The third-order valence-corrected chi connectivity index (χ3v) is 2.91. The van der Waals surface area contributed by atoms with Crippen LogP contribution in [0, 0.1) is 0 Å². The molecule has 0 aliphatic heterocycles. The van der Waals surface area contributed by atoms with Gasteiger partial charge in [0.15, 0.2) is 11.3 Å². The predicted molar refractivity (Wildman–Crippen MR) is 72.5 cm³/mol. The number of fused-ring (bicyclic) bond motifs is 1.